The quantitative estimate of drug-likeness (QED) is 0.615. The third kappa shape index (κ3) is 1.43. The highest BCUT2D eigenvalue weighted by atomic mass is 16.5. The fourth-order valence-electron chi connectivity index (χ4n) is 3.25. The molecule has 3 nitrogen and oxygen atoms in total. The minimum atomic E-state index is -0.215. The largest absolute Gasteiger partial charge is 0.454 e. The monoisotopic (exact) mass is 244 g/mol. The zero-order chi connectivity index (χ0) is 13.0. The van der Waals surface area contributed by atoms with E-state index in [9.17, 15) is 9.59 Å². The summed E-state index contributed by atoms with van der Waals surface area (Å²) in [5.41, 5.74) is 4.81. The van der Waals surface area contributed by atoms with Gasteiger partial charge in [0.1, 0.15) is 6.10 Å². The third-order valence-electron chi connectivity index (χ3n) is 4.24. The van der Waals surface area contributed by atoms with Gasteiger partial charge in [-0.05, 0) is 42.9 Å². The standard InChI is InChI=1S/C15H16O3/c1-7-4-13-11(8(2)15(17)18-13)5-10-6-12(16)9(3)14(7)10/h5,7,13H,4,6H2,1-3H3. The number of carbonyl (C=O) groups excluding carboxylic acids is 2. The second-order valence-electron chi connectivity index (χ2n) is 5.42. The van der Waals surface area contributed by atoms with Gasteiger partial charge in [0.25, 0.3) is 0 Å². The van der Waals surface area contributed by atoms with Crippen LogP contribution in [-0.4, -0.2) is 17.9 Å². The molecule has 0 aromatic carbocycles. The van der Waals surface area contributed by atoms with E-state index in [1.165, 1.54) is 5.57 Å². The van der Waals surface area contributed by atoms with Gasteiger partial charge in [0.15, 0.2) is 5.78 Å². The number of Topliss-reactive ketones (excluding diaryl/α,β-unsaturated/α-hetero) is 1. The maximum absolute atomic E-state index is 11.8. The summed E-state index contributed by atoms with van der Waals surface area (Å²) in [4.78, 5) is 23.4. The van der Waals surface area contributed by atoms with Gasteiger partial charge in [-0.2, -0.15) is 0 Å². The highest BCUT2D eigenvalue weighted by Gasteiger charge is 2.38. The summed E-state index contributed by atoms with van der Waals surface area (Å²) in [6.45, 7) is 5.82. The Hall–Kier alpha value is -1.64. The minimum Gasteiger partial charge on any atom is -0.454 e. The van der Waals surface area contributed by atoms with Crippen LogP contribution in [0.2, 0.25) is 0 Å². The number of allylic oxidation sites excluding steroid dienone is 3. The molecule has 0 saturated carbocycles. The predicted octanol–water partition coefficient (Wildman–Crippen LogP) is 2.48. The average Bonchev–Trinajstić information content (AvgIpc) is 2.66. The van der Waals surface area contributed by atoms with Crippen LogP contribution in [0, 0.1) is 5.92 Å². The van der Waals surface area contributed by atoms with Gasteiger partial charge in [-0.25, -0.2) is 4.79 Å². The van der Waals surface area contributed by atoms with Gasteiger partial charge in [-0.1, -0.05) is 13.0 Å². The second kappa shape index (κ2) is 3.67. The molecule has 0 N–H and O–H groups in total. The van der Waals surface area contributed by atoms with Crippen LogP contribution in [0.5, 0.6) is 0 Å². The zero-order valence-corrected chi connectivity index (χ0v) is 10.9. The Morgan fingerprint density at radius 1 is 1.22 bits per heavy atom. The first-order chi connectivity index (χ1) is 8.49. The Morgan fingerprint density at radius 3 is 2.67 bits per heavy atom. The van der Waals surface area contributed by atoms with Crippen molar-refractivity contribution in [3.8, 4) is 0 Å². The molecule has 1 heterocycles. The molecule has 0 bridgehead atoms. The zero-order valence-electron chi connectivity index (χ0n) is 10.9. The van der Waals surface area contributed by atoms with Gasteiger partial charge in [0.05, 0.1) is 0 Å². The summed E-state index contributed by atoms with van der Waals surface area (Å²) in [5.74, 6) is 0.265. The van der Waals surface area contributed by atoms with E-state index >= 15 is 0 Å². The lowest BCUT2D eigenvalue weighted by molar-refractivity contribution is -0.140. The van der Waals surface area contributed by atoms with Crippen molar-refractivity contribution in [3.05, 3.63) is 33.9 Å². The first-order valence-electron chi connectivity index (χ1n) is 6.35. The summed E-state index contributed by atoms with van der Waals surface area (Å²) in [5, 5.41) is 0. The Morgan fingerprint density at radius 2 is 1.94 bits per heavy atom. The molecule has 0 fully saturated rings. The van der Waals surface area contributed by atoms with Crippen LogP contribution < -0.4 is 0 Å². The highest BCUT2D eigenvalue weighted by Crippen LogP contribution is 2.43. The first kappa shape index (κ1) is 11.5. The van der Waals surface area contributed by atoms with Crippen molar-refractivity contribution in [3.63, 3.8) is 0 Å². The topological polar surface area (TPSA) is 43.4 Å². The SMILES string of the molecule is CC1=C2C(=CC3=C(C)C(=O)OC3CC2C)CC1=O. The molecule has 0 aromatic rings. The van der Waals surface area contributed by atoms with Crippen molar-refractivity contribution >= 4 is 11.8 Å². The van der Waals surface area contributed by atoms with Crippen LogP contribution >= 0.6 is 0 Å². The number of fused-ring (bicyclic) bond motifs is 2. The molecule has 1 aliphatic heterocycles. The van der Waals surface area contributed by atoms with Crippen LogP contribution in [0.4, 0.5) is 0 Å². The summed E-state index contributed by atoms with van der Waals surface area (Å²) >= 11 is 0. The fraction of sp³-hybridized carbons (Fsp3) is 0.467. The lowest BCUT2D eigenvalue weighted by Gasteiger charge is -2.16. The minimum absolute atomic E-state index is 0.124. The van der Waals surface area contributed by atoms with E-state index in [-0.39, 0.29) is 23.8 Å². The third-order valence-corrected chi connectivity index (χ3v) is 4.24. The number of ketones is 1. The average molecular weight is 244 g/mol. The lowest BCUT2D eigenvalue weighted by Crippen LogP contribution is -2.14. The molecule has 0 radical (unpaired) electrons. The van der Waals surface area contributed by atoms with E-state index in [1.807, 2.05) is 13.0 Å². The Kier molecular flexibility index (Phi) is 2.34. The predicted molar refractivity (Wildman–Crippen MR) is 66.8 cm³/mol. The maximum atomic E-state index is 11.8. The molecular weight excluding hydrogens is 228 g/mol. The molecule has 0 spiro atoms. The second-order valence-corrected chi connectivity index (χ2v) is 5.42. The van der Waals surface area contributed by atoms with Gasteiger partial charge in [0, 0.05) is 17.6 Å². The van der Waals surface area contributed by atoms with Gasteiger partial charge in [0.2, 0.25) is 0 Å². The Labute approximate surface area is 106 Å². The van der Waals surface area contributed by atoms with Crippen molar-refractivity contribution in [1.82, 2.24) is 0 Å². The van der Waals surface area contributed by atoms with E-state index in [1.54, 1.807) is 6.92 Å². The van der Waals surface area contributed by atoms with Gasteiger partial charge in [-0.15, -0.1) is 0 Å². The molecule has 0 amide bonds. The molecule has 3 heteroatoms. The smallest absolute Gasteiger partial charge is 0.334 e. The van der Waals surface area contributed by atoms with Crippen molar-refractivity contribution in [2.45, 2.75) is 39.7 Å². The van der Waals surface area contributed by atoms with Crippen molar-refractivity contribution < 1.29 is 14.3 Å². The van der Waals surface area contributed by atoms with Crippen molar-refractivity contribution in [2.75, 3.05) is 0 Å². The summed E-state index contributed by atoms with van der Waals surface area (Å²) in [7, 11) is 0. The molecule has 2 aliphatic carbocycles. The van der Waals surface area contributed by atoms with Gasteiger partial charge < -0.3 is 4.74 Å². The first-order valence-corrected chi connectivity index (χ1v) is 6.35. The van der Waals surface area contributed by atoms with E-state index in [4.69, 9.17) is 4.74 Å². The van der Waals surface area contributed by atoms with Crippen LogP contribution in [0.15, 0.2) is 33.9 Å². The van der Waals surface area contributed by atoms with Crippen LogP contribution in [0.1, 0.15) is 33.6 Å². The molecule has 18 heavy (non-hydrogen) atoms. The molecule has 3 rings (SSSR count). The molecule has 0 saturated heterocycles. The summed E-state index contributed by atoms with van der Waals surface area (Å²) in [6, 6.07) is 0. The van der Waals surface area contributed by atoms with Crippen LogP contribution in [0.25, 0.3) is 0 Å². The fourth-order valence-corrected chi connectivity index (χ4v) is 3.25. The maximum Gasteiger partial charge on any atom is 0.334 e. The molecule has 2 atom stereocenters. The van der Waals surface area contributed by atoms with E-state index in [0.29, 0.717) is 12.0 Å². The van der Waals surface area contributed by atoms with Crippen molar-refractivity contribution in [2.24, 2.45) is 5.92 Å². The number of esters is 1. The number of hydrogen-bond donors (Lipinski definition) is 0. The Bertz CT molecular complexity index is 560. The molecule has 2 unspecified atom stereocenters. The number of rotatable bonds is 0. The molecule has 94 valence electrons. The summed E-state index contributed by atoms with van der Waals surface area (Å²) in [6.07, 6.45) is 3.14. The summed E-state index contributed by atoms with van der Waals surface area (Å²) < 4.78 is 5.39. The van der Waals surface area contributed by atoms with Crippen LogP contribution in [-0.2, 0) is 14.3 Å². The number of hydrogen-bond acceptors (Lipinski definition) is 3. The van der Waals surface area contributed by atoms with Gasteiger partial charge in [-0.3, -0.25) is 4.79 Å². The normalized spacial score (nSPS) is 31.2. The number of carbonyl (C=O) groups is 2. The highest BCUT2D eigenvalue weighted by molar-refractivity contribution is 6.03. The molecule has 3 aliphatic rings. The lowest BCUT2D eigenvalue weighted by atomic mass is 9.92. The van der Waals surface area contributed by atoms with E-state index < -0.39 is 0 Å². The van der Waals surface area contributed by atoms with E-state index in [2.05, 4.69) is 6.92 Å². The van der Waals surface area contributed by atoms with Crippen molar-refractivity contribution in [1.29, 1.82) is 0 Å². The Balaban J connectivity index is 2.16. The van der Waals surface area contributed by atoms with E-state index in [0.717, 1.165) is 23.1 Å². The molecular formula is C15H16O3. The number of ether oxygens (including phenoxy) is 1. The molecule has 0 aromatic heterocycles. The van der Waals surface area contributed by atoms with Gasteiger partial charge >= 0.3 is 5.97 Å². The van der Waals surface area contributed by atoms with Crippen LogP contribution in [0.3, 0.4) is 0 Å².